The van der Waals surface area contributed by atoms with Crippen LogP contribution in [0, 0.1) is 12.7 Å². The molecule has 1 aliphatic rings. The van der Waals surface area contributed by atoms with E-state index in [0.717, 1.165) is 28.0 Å². The second kappa shape index (κ2) is 8.72. The largest absolute Gasteiger partial charge is 0.392 e. The lowest BCUT2D eigenvalue weighted by Gasteiger charge is -2.29. The van der Waals surface area contributed by atoms with Crippen molar-refractivity contribution in [2.24, 2.45) is 0 Å². The van der Waals surface area contributed by atoms with E-state index in [2.05, 4.69) is 15.3 Å². The number of aromatic nitrogens is 2. The minimum atomic E-state index is -0.527. The van der Waals surface area contributed by atoms with Gasteiger partial charge in [0.25, 0.3) is 11.8 Å². The van der Waals surface area contributed by atoms with Gasteiger partial charge in [-0.3, -0.25) is 9.59 Å². The van der Waals surface area contributed by atoms with E-state index < -0.39 is 12.4 Å². The Labute approximate surface area is 195 Å². The first-order valence-corrected chi connectivity index (χ1v) is 11.0. The SMILES string of the molecule is Cc1nc2ccc(C(=O)N3CCc4ccc(C(=O)Nc5ccc(F)c(CO)c5)cc4C3)cc2[nH]1. The van der Waals surface area contributed by atoms with Crippen LogP contribution in [0.25, 0.3) is 11.0 Å². The van der Waals surface area contributed by atoms with E-state index in [1.54, 1.807) is 23.1 Å². The molecule has 0 fully saturated rings. The summed E-state index contributed by atoms with van der Waals surface area (Å²) >= 11 is 0. The Morgan fingerprint density at radius 3 is 2.74 bits per heavy atom. The van der Waals surface area contributed by atoms with Crippen LogP contribution in [0.2, 0.25) is 0 Å². The Morgan fingerprint density at radius 2 is 1.91 bits per heavy atom. The van der Waals surface area contributed by atoms with Gasteiger partial charge in [-0.05, 0) is 73.0 Å². The van der Waals surface area contributed by atoms with Gasteiger partial charge in [0, 0.05) is 35.5 Å². The number of amides is 2. The second-order valence-electron chi connectivity index (χ2n) is 8.43. The fraction of sp³-hybridized carbons (Fsp3) is 0.192. The summed E-state index contributed by atoms with van der Waals surface area (Å²) in [6.07, 6.45) is 0.701. The lowest BCUT2D eigenvalue weighted by atomic mass is 9.96. The minimum absolute atomic E-state index is 0.0718. The number of imidazole rings is 1. The first kappa shape index (κ1) is 21.8. The van der Waals surface area contributed by atoms with Crippen LogP contribution in [0.4, 0.5) is 10.1 Å². The quantitative estimate of drug-likeness (QED) is 0.431. The Balaban J connectivity index is 1.34. The number of aryl methyl sites for hydroxylation is 1. The number of carbonyl (C=O) groups is 2. The summed E-state index contributed by atoms with van der Waals surface area (Å²) in [5, 5.41) is 12.0. The van der Waals surface area contributed by atoms with Gasteiger partial charge in [-0.1, -0.05) is 6.07 Å². The number of hydrogen-bond donors (Lipinski definition) is 3. The summed E-state index contributed by atoms with van der Waals surface area (Å²) in [6.45, 7) is 2.42. The van der Waals surface area contributed by atoms with Crippen LogP contribution < -0.4 is 5.32 Å². The van der Waals surface area contributed by atoms with Crippen molar-refractivity contribution in [1.29, 1.82) is 0 Å². The van der Waals surface area contributed by atoms with Crippen LogP contribution in [0.15, 0.2) is 54.6 Å². The predicted molar refractivity (Wildman–Crippen MR) is 126 cm³/mol. The fourth-order valence-corrected chi connectivity index (χ4v) is 4.30. The standard InChI is InChI=1S/C26H23FN4O3/c1-15-28-23-7-4-18(12-24(23)29-15)26(34)31-9-8-16-2-3-17(10-19(16)13-31)25(33)30-21-5-6-22(27)20(11-21)14-32/h2-7,10-12,32H,8-9,13-14H2,1H3,(H,28,29)(H,30,33). The van der Waals surface area contributed by atoms with E-state index in [0.29, 0.717) is 36.3 Å². The average Bonchev–Trinajstić information content (AvgIpc) is 3.23. The molecule has 0 aliphatic carbocycles. The van der Waals surface area contributed by atoms with Gasteiger partial charge in [-0.2, -0.15) is 0 Å². The summed E-state index contributed by atoms with van der Waals surface area (Å²) in [7, 11) is 0. The summed E-state index contributed by atoms with van der Waals surface area (Å²) in [4.78, 5) is 35.3. The van der Waals surface area contributed by atoms with Crippen LogP contribution in [-0.4, -0.2) is 38.3 Å². The van der Waals surface area contributed by atoms with Crippen molar-refractivity contribution in [3.63, 3.8) is 0 Å². The molecule has 0 spiro atoms. The molecule has 3 aromatic carbocycles. The van der Waals surface area contributed by atoms with Crippen LogP contribution in [0.5, 0.6) is 0 Å². The molecule has 3 N–H and O–H groups in total. The number of fused-ring (bicyclic) bond motifs is 2. The van der Waals surface area contributed by atoms with Crippen LogP contribution in [0.1, 0.15) is 43.2 Å². The Kier molecular flexibility index (Phi) is 5.59. The normalized spacial score (nSPS) is 13.1. The van der Waals surface area contributed by atoms with Gasteiger partial charge in [0.15, 0.2) is 0 Å². The third-order valence-corrected chi connectivity index (χ3v) is 6.09. The summed E-state index contributed by atoms with van der Waals surface area (Å²) < 4.78 is 13.6. The van der Waals surface area contributed by atoms with Crippen LogP contribution in [-0.2, 0) is 19.6 Å². The Bertz CT molecular complexity index is 1430. The van der Waals surface area contributed by atoms with Crippen molar-refractivity contribution in [1.82, 2.24) is 14.9 Å². The number of halogens is 1. The van der Waals surface area contributed by atoms with E-state index in [1.165, 1.54) is 18.2 Å². The molecule has 0 saturated carbocycles. The van der Waals surface area contributed by atoms with Crippen LogP contribution >= 0.6 is 0 Å². The van der Waals surface area contributed by atoms with E-state index >= 15 is 0 Å². The molecule has 5 rings (SSSR count). The van der Waals surface area contributed by atoms with Gasteiger partial charge < -0.3 is 20.3 Å². The maximum Gasteiger partial charge on any atom is 0.255 e. The zero-order chi connectivity index (χ0) is 23.8. The molecular formula is C26H23FN4O3. The lowest BCUT2D eigenvalue weighted by Crippen LogP contribution is -2.36. The molecular weight excluding hydrogens is 435 g/mol. The number of aromatic amines is 1. The summed E-state index contributed by atoms with van der Waals surface area (Å²) in [5.74, 6) is -0.148. The van der Waals surface area contributed by atoms with Gasteiger partial charge >= 0.3 is 0 Å². The molecule has 7 nitrogen and oxygen atoms in total. The highest BCUT2D eigenvalue weighted by molar-refractivity contribution is 6.04. The van der Waals surface area contributed by atoms with Crippen molar-refractivity contribution in [2.75, 3.05) is 11.9 Å². The number of aliphatic hydroxyl groups is 1. The molecule has 0 unspecified atom stereocenters. The zero-order valence-corrected chi connectivity index (χ0v) is 18.6. The lowest BCUT2D eigenvalue weighted by molar-refractivity contribution is 0.0735. The molecule has 0 radical (unpaired) electrons. The molecule has 1 aromatic heterocycles. The number of anilines is 1. The number of nitrogens with zero attached hydrogens (tertiary/aromatic N) is 2. The molecule has 1 aliphatic heterocycles. The van der Waals surface area contributed by atoms with Crippen molar-refractivity contribution in [3.8, 4) is 0 Å². The molecule has 4 aromatic rings. The number of aliphatic hydroxyl groups excluding tert-OH is 1. The number of H-pyrrole nitrogens is 1. The van der Waals surface area contributed by atoms with Crippen LogP contribution in [0.3, 0.4) is 0 Å². The number of nitrogens with one attached hydrogen (secondary N) is 2. The average molecular weight is 458 g/mol. The maximum atomic E-state index is 13.6. The fourth-order valence-electron chi connectivity index (χ4n) is 4.30. The smallest absolute Gasteiger partial charge is 0.255 e. The van der Waals surface area contributed by atoms with Gasteiger partial charge in [0.1, 0.15) is 11.6 Å². The van der Waals surface area contributed by atoms with Crippen molar-refractivity contribution in [3.05, 3.63) is 94.1 Å². The molecule has 0 saturated heterocycles. The van der Waals surface area contributed by atoms with E-state index in [-0.39, 0.29) is 17.4 Å². The number of hydrogen-bond acceptors (Lipinski definition) is 4. The third-order valence-electron chi connectivity index (χ3n) is 6.09. The molecule has 8 heteroatoms. The third kappa shape index (κ3) is 4.15. The van der Waals surface area contributed by atoms with E-state index in [9.17, 15) is 19.1 Å². The number of rotatable bonds is 4. The maximum absolute atomic E-state index is 13.6. The highest BCUT2D eigenvalue weighted by atomic mass is 19.1. The number of carbonyl (C=O) groups excluding carboxylic acids is 2. The van der Waals surface area contributed by atoms with Crippen molar-refractivity contribution >= 4 is 28.5 Å². The molecule has 2 amide bonds. The Morgan fingerprint density at radius 1 is 1.09 bits per heavy atom. The number of benzene rings is 3. The van der Waals surface area contributed by atoms with Gasteiger partial charge in [-0.15, -0.1) is 0 Å². The second-order valence-corrected chi connectivity index (χ2v) is 8.43. The summed E-state index contributed by atoms with van der Waals surface area (Å²) in [5.41, 5.74) is 5.20. The molecule has 2 heterocycles. The minimum Gasteiger partial charge on any atom is -0.392 e. The zero-order valence-electron chi connectivity index (χ0n) is 18.6. The van der Waals surface area contributed by atoms with Gasteiger partial charge in [0.05, 0.1) is 17.6 Å². The van der Waals surface area contributed by atoms with Crippen molar-refractivity contribution < 1.29 is 19.1 Å². The van der Waals surface area contributed by atoms with E-state index in [4.69, 9.17) is 0 Å². The molecule has 0 bridgehead atoms. The monoisotopic (exact) mass is 458 g/mol. The van der Waals surface area contributed by atoms with Gasteiger partial charge in [0.2, 0.25) is 0 Å². The van der Waals surface area contributed by atoms with Crippen molar-refractivity contribution in [2.45, 2.75) is 26.5 Å². The first-order chi connectivity index (χ1) is 16.4. The highest BCUT2D eigenvalue weighted by Crippen LogP contribution is 2.24. The molecule has 172 valence electrons. The predicted octanol–water partition coefficient (Wildman–Crippen LogP) is 3.95. The highest BCUT2D eigenvalue weighted by Gasteiger charge is 2.23. The topological polar surface area (TPSA) is 98.3 Å². The Hall–Kier alpha value is -4.04. The summed E-state index contributed by atoms with van der Waals surface area (Å²) in [6, 6.07) is 15.0. The molecule has 34 heavy (non-hydrogen) atoms. The van der Waals surface area contributed by atoms with Gasteiger partial charge in [-0.25, -0.2) is 9.37 Å². The first-order valence-electron chi connectivity index (χ1n) is 11.0. The van der Waals surface area contributed by atoms with E-state index in [1.807, 2.05) is 25.1 Å². The molecule has 0 atom stereocenters.